The van der Waals surface area contributed by atoms with Crippen LogP contribution in [0.15, 0.2) is 6.07 Å². The first-order valence-electron chi connectivity index (χ1n) is 6.85. The predicted molar refractivity (Wildman–Crippen MR) is 75.2 cm³/mol. The number of aryl methyl sites for hydroxylation is 1. The van der Waals surface area contributed by atoms with Crippen molar-refractivity contribution in [3.63, 3.8) is 0 Å². The van der Waals surface area contributed by atoms with Crippen LogP contribution in [0, 0.1) is 6.92 Å². The minimum atomic E-state index is 0.605. The first-order chi connectivity index (χ1) is 8.60. The van der Waals surface area contributed by atoms with Crippen molar-refractivity contribution in [3.05, 3.63) is 17.6 Å². The molecule has 0 bridgehead atoms. The molecule has 0 unspecified atom stereocenters. The quantitative estimate of drug-likeness (QED) is 0.819. The Morgan fingerprint density at radius 2 is 1.94 bits per heavy atom. The molecule has 100 valence electrons. The lowest BCUT2D eigenvalue weighted by atomic mass is 9.93. The number of hydrogen-bond acceptors (Lipinski definition) is 4. The van der Waals surface area contributed by atoms with Gasteiger partial charge in [-0.15, -0.1) is 0 Å². The van der Waals surface area contributed by atoms with Gasteiger partial charge in [-0.25, -0.2) is 9.97 Å². The molecule has 18 heavy (non-hydrogen) atoms. The molecule has 0 aliphatic carbocycles. The predicted octanol–water partition coefficient (Wildman–Crippen LogP) is 2.05. The van der Waals surface area contributed by atoms with E-state index in [2.05, 4.69) is 32.8 Å². The van der Waals surface area contributed by atoms with E-state index in [1.165, 1.54) is 38.2 Å². The van der Waals surface area contributed by atoms with Crippen LogP contribution in [0.25, 0.3) is 0 Å². The molecule has 1 saturated heterocycles. The maximum atomic E-state index is 4.63. The van der Waals surface area contributed by atoms with E-state index in [4.69, 9.17) is 0 Å². The molecule has 1 aliphatic heterocycles. The van der Waals surface area contributed by atoms with E-state index in [9.17, 15) is 0 Å². The normalized spacial score (nSPS) is 18.0. The number of piperidine rings is 1. The average Bonchev–Trinajstić information content (AvgIpc) is 2.38. The van der Waals surface area contributed by atoms with Crippen LogP contribution in [0.3, 0.4) is 0 Å². The zero-order valence-corrected chi connectivity index (χ0v) is 12.0. The van der Waals surface area contributed by atoms with E-state index in [-0.39, 0.29) is 0 Å². The van der Waals surface area contributed by atoms with Crippen LogP contribution in [0.4, 0.5) is 5.82 Å². The van der Waals surface area contributed by atoms with Gasteiger partial charge in [0, 0.05) is 31.8 Å². The minimum absolute atomic E-state index is 0.605. The molecule has 0 radical (unpaired) electrons. The second-order valence-corrected chi connectivity index (χ2v) is 5.30. The molecule has 1 aliphatic rings. The lowest BCUT2D eigenvalue weighted by Crippen LogP contribution is -2.33. The molecular formula is C14H24N4. The lowest BCUT2D eigenvalue weighted by molar-refractivity contribution is 0.221. The van der Waals surface area contributed by atoms with Crippen molar-refractivity contribution in [1.29, 1.82) is 0 Å². The van der Waals surface area contributed by atoms with Gasteiger partial charge in [0.2, 0.25) is 0 Å². The summed E-state index contributed by atoms with van der Waals surface area (Å²) in [7, 11) is 4.07. The Kier molecular flexibility index (Phi) is 4.17. The van der Waals surface area contributed by atoms with Gasteiger partial charge in [0.1, 0.15) is 11.6 Å². The van der Waals surface area contributed by atoms with Crippen LogP contribution in [0.2, 0.25) is 0 Å². The molecule has 0 N–H and O–H groups in total. The molecule has 0 amide bonds. The molecule has 0 atom stereocenters. The van der Waals surface area contributed by atoms with E-state index < -0.39 is 0 Å². The first-order valence-corrected chi connectivity index (χ1v) is 6.85. The van der Waals surface area contributed by atoms with Crippen molar-refractivity contribution < 1.29 is 0 Å². The molecule has 0 aromatic carbocycles. The summed E-state index contributed by atoms with van der Waals surface area (Å²) in [4.78, 5) is 13.7. The van der Waals surface area contributed by atoms with Gasteiger partial charge in [0.25, 0.3) is 0 Å². The van der Waals surface area contributed by atoms with Gasteiger partial charge in [-0.1, -0.05) is 6.92 Å². The average molecular weight is 248 g/mol. The van der Waals surface area contributed by atoms with Gasteiger partial charge < -0.3 is 9.80 Å². The van der Waals surface area contributed by atoms with E-state index in [1.807, 2.05) is 21.0 Å². The molecular weight excluding hydrogens is 224 g/mol. The van der Waals surface area contributed by atoms with Crippen LogP contribution >= 0.6 is 0 Å². The molecule has 1 aromatic heterocycles. The Bertz CT molecular complexity index is 395. The number of hydrogen-bond donors (Lipinski definition) is 0. The standard InChI is InChI=1S/C14H24N4/c1-5-18-8-6-12(7-9-18)13-10-14(17(3)4)16-11(2)15-13/h10,12H,5-9H2,1-4H3. The first kappa shape index (κ1) is 13.3. The SMILES string of the molecule is CCN1CCC(c2cc(N(C)C)nc(C)n2)CC1. The van der Waals surface area contributed by atoms with Crippen LogP contribution in [0.1, 0.15) is 37.2 Å². The van der Waals surface area contributed by atoms with Crippen molar-refractivity contribution in [3.8, 4) is 0 Å². The highest BCUT2D eigenvalue weighted by atomic mass is 15.2. The van der Waals surface area contributed by atoms with Crippen molar-refractivity contribution in [2.45, 2.75) is 32.6 Å². The maximum absolute atomic E-state index is 4.63. The zero-order valence-electron chi connectivity index (χ0n) is 12.0. The Morgan fingerprint density at radius 1 is 1.28 bits per heavy atom. The summed E-state index contributed by atoms with van der Waals surface area (Å²) >= 11 is 0. The van der Waals surface area contributed by atoms with E-state index in [0.717, 1.165) is 11.6 Å². The zero-order chi connectivity index (χ0) is 13.1. The summed E-state index contributed by atoms with van der Waals surface area (Å²) in [6.45, 7) is 7.78. The Hall–Kier alpha value is -1.16. The molecule has 4 heteroatoms. The van der Waals surface area contributed by atoms with Crippen molar-refractivity contribution in [2.24, 2.45) is 0 Å². The summed E-state index contributed by atoms with van der Waals surface area (Å²) in [6, 6.07) is 2.15. The number of rotatable bonds is 3. The minimum Gasteiger partial charge on any atom is -0.363 e. The summed E-state index contributed by atoms with van der Waals surface area (Å²) in [5.74, 6) is 2.51. The number of aromatic nitrogens is 2. The van der Waals surface area contributed by atoms with Crippen LogP contribution in [-0.4, -0.2) is 48.6 Å². The third-order valence-corrected chi connectivity index (χ3v) is 3.76. The van der Waals surface area contributed by atoms with Crippen molar-refractivity contribution in [2.75, 3.05) is 38.6 Å². The van der Waals surface area contributed by atoms with Gasteiger partial charge in [0.05, 0.1) is 0 Å². The van der Waals surface area contributed by atoms with Crippen molar-refractivity contribution >= 4 is 5.82 Å². The monoisotopic (exact) mass is 248 g/mol. The van der Waals surface area contributed by atoms with Crippen LogP contribution in [-0.2, 0) is 0 Å². The molecule has 4 nitrogen and oxygen atoms in total. The largest absolute Gasteiger partial charge is 0.363 e. The van der Waals surface area contributed by atoms with Gasteiger partial charge in [-0.05, 0) is 39.4 Å². The Balaban J connectivity index is 2.13. The topological polar surface area (TPSA) is 32.3 Å². The molecule has 1 aromatic rings. The van der Waals surface area contributed by atoms with Gasteiger partial charge in [-0.3, -0.25) is 0 Å². The molecule has 0 spiro atoms. The smallest absolute Gasteiger partial charge is 0.132 e. The third-order valence-electron chi connectivity index (χ3n) is 3.76. The molecule has 0 saturated carbocycles. The number of likely N-dealkylation sites (tertiary alicyclic amines) is 1. The van der Waals surface area contributed by atoms with E-state index in [0.29, 0.717) is 5.92 Å². The molecule has 2 heterocycles. The summed E-state index contributed by atoms with van der Waals surface area (Å²) < 4.78 is 0. The lowest BCUT2D eigenvalue weighted by Gasteiger charge is -2.31. The summed E-state index contributed by atoms with van der Waals surface area (Å²) in [5, 5.41) is 0. The Morgan fingerprint density at radius 3 is 2.50 bits per heavy atom. The van der Waals surface area contributed by atoms with Crippen LogP contribution in [0.5, 0.6) is 0 Å². The second-order valence-electron chi connectivity index (χ2n) is 5.30. The summed E-state index contributed by atoms with van der Waals surface area (Å²) in [5.41, 5.74) is 1.22. The second kappa shape index (κ2) is 5.65. The van der Waals surface area contributed by atoms with Crippen molar-refractivity contribution in [1.82, 2.24) is 14.9 Å². The van der Waals surface area contributed by atoms with Crippen LogP contribution < -0.4 is 4.90 Å². The van der Waals surface area contributed by atoms with Gasteiger partial charge in [-0.2, -0.15) is 0 Å². The third kappa shape index (κ3) is 2.99. The fourth-order valence-corrected chi connectivity index (χ4v) is 2.56. The van der Waals surface area contributed by atoms with Gasteiger partial charge >= 0.3 is 0 Å². The fraction of sp³-hybridized carbons (Fsp3) is 0.714. The highest BCUT2D eigenvalue weighted by molar-refractivity contribution is 5.38. The number of anilines is 1. The molecule has 2 rings (SSSR count). The summed E-state index contributed by atoms with van der Waals surface area (Å²) in [6.07, 6.45) is 2.44. The van der Waals surface area contributed by atoms with Gasteiger partial charge in [0.15, 0.2) is 0 Å². The molecule has 1 fully saturated rings. The fourth-order valence-electron chi connectivity index (χ4n) is 2.56. The highest BCUT2D eigenvalue weighted by Gasteiger charge is 2.21. The van der Waals surface area contributed by atoms with E-state index >= 15 is 0 Å². The maximum Gasteiger partial charge on any atom is 0.132 e. The highest BCUT2D eigenvalue weighted by Crippen LogP contribution is 2.28. The van der Waals surface area contributed by atoms with E-state index in [1.54, 1.807) is 0 Å². The Labute approximate surface area is 110 Å². The number of nitrogens with zero attached hydrogens (tertiary/aromatic N) is 4.